The first-order valence-corrected chi connectivity index (χ1v) is 10.3. The van der Waals surface area contributed by atoms with Gasteiger partial charge in [0.25, 0.3) is 11.5 Å². The number of hydrogen-bond donors (Lipinski definition) is 1. The van der Waals surface area contributed by atoms with Gasteiger partial charge in [0.2, 0.25) is 0 Å². The fourth-order valence-electron chi connectivity index (χ4n) is 4.01. The summed E-state index contributed by atoms with van der Waals surface area (Å²) in [5, 5.41) is 7.73. The highest BCUT2D eigenvalue weighted by Gasteiger charge is 2.27. The Labute approximate surface area is 170 Å². The second kappa shape index (κ2) is 8.43. The number of carbonyl (C=O) groups is 1. The molecule has 0 aliphatic heterocycles. The third-order valence-corrected chi connectivity index (χ3v) is 5.48. The minimum Gasteiger partial charge on any atom is -0.349 e. The lowest BCUT2D eigenvalue weighted by molar-refractivity contribution is 0.0936. The molecule has 1 aliphatic carbocycles. The molecule has 0 bridgehead atoms. The van der Waals surface area contributed by atoms with E-state index in [1.807, 2.05) is 67.6 Å². The van der Waals surface area contributed by atoms with Crippen molar-refractivity contribution in [3.63, 3.8) is 0 Å². The maximum absolute atomic E-state index is 13.3. The lowest BCUT2D eigenvalue weighted by Gasteiger charge is -2.18. The van der Waals surface area contributed by atoms with Crippen LogP contribution in [0.2, 0.25) is 0 Å². The van der Waals surface area contributed by atoms with Gasteiger partial charge in [0.15, 0.2) is 0 Å². The van der Waals surface area contributed by atoms with Gasteiger partial charge in [-0.3, -0.25) is 9.59 Å². The largest absolute Gasteiger partial charge is 0.349 e. The van der Waals surface area contributed by atoms with Crippen LogP contribution in [-0.4, -0.2) is 21.7 Å². The van der Waals surface area contributed by atoms with Gasteiger partial charge >= 0.3 is 0 Å². The zero-order chi connectivity index (χ0) is 20.2. The molecule has 0 unspecified atom stereocenters. The van der Waals surface area contributed by atoms with Crippen LogP contribution in [0, 0.1) is 0 Å². The predicted molar refractivity (Wildman–Crippen MR) is 115 cm³/mol. The number of hydrogen-bond acceptors (Lipinski definition) is 3. The molecule has 1 saturated carbocycles. The Bertz CT molecular complexity index is 1050. The lowest BCUT2D eigenvalue weighted by atomic mass is 9.95. The van der Waals surface area contributed by atoms with Crippen LogP contribution in [0.5, 0.6) is 0 Å². The van der Waals surface area contributed by atoms with Crippen molar-refractivity contribution >= 4 is 5.91 Å². The Hall–Kier alpha value is -3.21. The van der Waals surface area contributed by atoms with E-state index in [0.717, 1.165) is 36.8 Å². The minimum atomic E-state index is -0.346. The Balaban J connectivity index is 1.96. The van der Waals surface area contributed by atoms with Crippen molar-refractivity contribution in [3.8, 4) is 22.4 Å². The molecule has 1 aliphatic rings. The molecule has 0 saturated heterocycles. The number of nitrogens with zero attached hydrogens (tertiary/aromatic N) is 2. The normalized spacial score (nSPS) is 14.1. The van der Waals surface area contributed by atoms with Crippen LogP contribution in [0.4, 0.5) is 0 Å². The number of amides is 1. The third-order valence-electron chi connectivity index (χ3n) is 5.48. The van der Waals surface area contributed by atoms with Gasteiger partial charge < -0.3 is 5.32 Å². The van der Waals surface area contributed by atoms with E-state index in [1.54, 1.807) is 0 Å². The quantitative estimate of drug-likeness (QED) is 0.711. The monoisotopic (exact) mass is 387 g/mol. The van der Waals surface area contributed by atoms with E-state index < -0.39 is 0 Å². The molecule has 29 heavy (non-hydrogen) atoms. The molecule has 1 amide bonds. The fraction of sp³-hybridized carbons (Fsp3) is 0.292. The molecule has 0 radical (unpaired) electrons. The van der Waals surface area contributed by atoms with Crippen molar-refractivity contribution in [1.82, 2.24) is 15.1 Å². The first kappa shape index (κ1) is 19.1. The molecule has 3 aromatic rings. The van der Waals surface area contributed by atoms with Crippen molar-refractivity contribution in [2.45, 2.75) is 45.2 Å². The number of aromatic nitrogens is 2. The molecular formula is C24H25N3O2. The third kappa shape index (κ3) is 3.86. The molecular weight excluding hydrogens is 362 g/mol. The van der Waals surface area contributed by atoms with Crippen LogP contribution in [0.25, 0.3) is 22.4 Å². The summed E-state index contributed by atoms with van der Waals surface area (Å²) in [7, 11) is 0. The smallest absolute Gasteiger partial charge is 0.280 e. The Morgan fingerprint density at radius 2 is 1.59 bits per heavy atom. The Morgan fingerprint density at radius 3 is 2.17 bits per heavy atom. The van der Waals surface area contributed by atoms with Gasteiger partial charge in [-0.2, -0.15) is 5.10 Å². The predicted octanol–water partition coefficient (Wildman–Crippen LogP) is 4.27. The molecule has 1 heterocycles. The molecule has 1 aromatic heterocycles. The van der Waals surface area contributed by atoms with Gasteiger partial charge in [-0.05, 0) is 25.3 Å². The number of carbonyl (C=O) groups excluding carboxylic acids is 1. The second-order valence-corrected chi connectivity index (χ2v) is 7.41. The summed E-state index contributed by atoms with van der Waals surface area (Å²) < 4.78 is 1.39. The van der Waals surface area contributed by atoms with E-state index in [2.05, 4.69) is 10.4 Å². The van der Waals surface area contributed by atoms with Crippen molar-refractivity contribution in [1.29, 1.82) is 0 Å². The van der Waals surface area contributed by atoms with Crippen molar-refractivity contribution in [3.05, 3.63) is 76.6 Å². The van der Waals surface area contributed by atoms with Crippen LogP contribution in [0.15, 0.2) is 65.5 Å². The van der Waals surface area contributed by atoms with Gasteiger partial charge in [-0.15, -0.1) is 0 Å². The molecule has 2 aromatic carbocycles. The average Bonchev–Trinajstić information content (AvgIpc) is 3.27. The van der Waals surface area contributed by atoms with Crippen molar-refractivity contribution in [2.24, 2.45) is 0 Å². The molecule has 148 valence electrons. The topological polar surface area (TPSA) is 64.0 Å². The summed E-state index contributed by atoms with van der Waals surface area (Å²) in [6.45, 7) is 2.27. The Morgan fingerprint density at radius 1 is 1.00 bits per heavy atom. The first-order chi connectivity index (χ1) is 14.2. The highest BCUT2D eigenvalue weighted by molar-refractivity contribution is 6.03. The highest BCUT2D eigenvalue weighted by atomic mass is 16.2. The van der Waals surface area contributed by atoms with Gasteiger partial charge in [-0.1, -0.05) is 73.5 Å². The maximum Gasteiger partial charge on any atom is 0.280 e. The van der Waals surface area contributed by atoms with Gasteiger partial charge in [0, 0.05) is 23.7 Å². The number of nitrogens with one attached hydrogen (secondary N) is 1. The molecule has 0 spiro atoms. The molecule has 1 fully saturated rings. The maximum atomic E-state index is 13.3. The summed E-state index contributed by atoms with van der Waals surface area (Å²) in [4.78, 5) is 26.5. The van der Waals surface area contributed by atoms with E-state index in [0.29, 0.717) is 17.8 Å². The molecule has 5 heteroatoms. The van der Waals surface area contributed by atoms with E-state index in [4.69, 9.17) is 0 Å². The zero-order valence-corrected chi connectivity index (χ0v) is 16.6. The lowest BCUT2D eigenvalue weighted by Crippen LogP contribution is -2.39. The van der Waals surface area contributed by atoms with Gasteiger partial charge in [0.1, 0.15) is 5.56 Å². The minimum absolute atomic E-state index is 0.133. The molecule has 1 N–H and O–H groups in total. The second-order valence-electron chi connectivity index (χ2n) is 7.41. The number of rotatable bonds is 5. The first-order valence-electron chi connectivity index (χ1n) is 10.3. The van der Waals surface area contributed by atoms with Crippen molar-refractivity contribution < 1.29 is 4.79 Å². The van der Waals surface area contributed by atoms with Crippen molar-refractivity contribution in [2.75, 3.05) is 0 Å². The SMILES string of the molecule is CCn1nc(-c2ccccc2)c(-c2ccccc2)c(C(=O)NC2CCCC2)c1=O. The molecule has 0 atom stereocenters. The van der Waals surface area contributed by atoms with Crippen LogP contribution in [0.1, 0.15) is 43.0 Å². The van der Waals surface area contributed by atoms with Gasteiger partial charge in [0.05, 0.1) is 5.69 Å². The number of benzene rings is 2. The Kier molecular flexibility index (Phi) is 5.56. The van der Waals surface area contributed by atoms with E-state index in [9.17, 15) is 9.59 Å². The van der Waals surface area contributed by atoms with E-state index in [-0.39, 0.29) is 23.1 Å². The summed E-state index contributed by atoms with van der Waals surface area (Å²) in [6, 6.07) is 19.4. The fourth-order valence-corrected chi connectivity index (χ4v) is 4.01. The number of aryl methyl sites for hydroxylation is 1. The highest BCUT2D eigenvalue weighted by Crippen LogP contribution is 2.32. The van der Waals surface area contributed by atoms with Crippen LogP contribution in [0.3, 0.4) is 0 Å². The summed E-state index contributed by atoms with van der Waals surface area (Å²) in [5.74, 6) is -0.303. The molecule has 4 rings (SSSR count). The van der Waals surface area contributed by atoms with Gasteiger partial charge in [-0.25, -0.2) is 4.68 Å². The molecule has 5 nitrogen and oxygen atoms in total. The van der Waals surface area contributed by atoms with E-state index in [1.165, 1.54) is 4.68 Å². The average molecular weight is 387 g/mol. The standard InChI is InChI=1S/C24H25N3O2/c1-2-27-24(29)21(23(28)25-19-15-9-10-16-19)20(17-11-5-3-6-12-17)22(26-27)18-13-7-4-8-14-18/h3-8,11-14,19H,2,9-10,15-16H2,1H3,(H,25,28). The van der Waals surface area contributed by atoms with Crippen LogP contribution < -0.4 is 10.9 Å². The van der Waals surface area contributed by atoms with Crippen LogP contribution >= 0.6 is 0 Å². The zero-order valence-electron chi connectivity index (χ0n) is 16.6. The van der Waals surface area contributed by atoms with E-state index >= 15 is 0 Å². The summed E-state index contributed by atoms with van der Waals surface area (Å²) >= 11 is 0. The summed E-state index contributed by atoms with van der Waals surface area (Å²) in [6.07, 6.45) is 4.15. The van der Waals surface area contributed by atoms with Crippen LogP contribution in [-0.2, 0) is 6.54 Å². The summed E-state index contributed by atoms with van der Waals surface area (Å²) in [5.41, 5.74) is 2.77.